The topological polar surface area (TPSA) is 38.5 Å². The van der Waals surface area contributed by atoms with Crippen molar-refractivity contribution in [3.05, 3.63) is 24.0 Å². The third-order valence-corrected chi connectivity index (χ3v) is 3.80. The first-order valence-electron chi connectivity index (χ1n) is 6.45. The van der Waals surface area contributed by atoms with Gasteiger partial charge in [-0.05, 0) is 25.0 Å². The molecule has 3 nitrogen and oxygen atoms in total. The lowest BCUT2D eigenvalue weighted by molar-refractivity contribution is 0.367. The first kappa shape index (κ1) is 13.1. The highest BCUT2D eigenvalue weighted by Gasteiger charge is 2.27. The van der Waals surface area contributed by atoms with Crippen LogP contribution in [0, 0.1) is 5.82 Å². The molecule has 4 heteroatoms. The van der Waals surface area contributed by atoms with E-state index in [0.717, 1.165) is 18.5 Å². The fraction of sp³-hybridized carbons (Fsp3) is 0.571. The van der Waals surface area contributed by atoms with E-state index >= 15 is 0 Å². The smallest absolute Gasteiger partial charge is 0.142 e. The second-order valence-electron chi connectivity index (χ2n) is 4.94. The predicted molar refractivity (Wildman–Crippen MR) is 71.6 cm³/mol. The Morgan fingerprint density at radius 2 is 2.06 bits per heavy atom. The van der Waals surface area contributed by atoms with Crippen molar-refractivity contribution in [1.82, 2.24) is 0 Å². The molecular formula is C14H21FN2O. The van der Waals surface area contributed by atoms with Gasteiger partial charge in [0.2, 0.25) is 0 Å². The quantitative estimate of drug-likeness (QED) is 0.898. The van der Waals surface area contributed by atoms with E-state index in [1.807, 2.05) is 7.05 Å². The van der Waals surface area contributed by atoms with Crippen molar-refractivity contribution in [3.8, 4) is 5.75 Å². The van der Waals surface area contributed by atoms with Crippen LogP contribution in [0.1, 0.15) is 25.7 Å². The fourth-order valence-corrected chi connectivity index (χ4v) is 2.74. The van der Waals surface area contributed by atoms with Crippen LogP contribution in [0.25, 0.3) is 0 Å². The summed E-state index contributed by atoms with van der Waals surface area (Å²) in [5.74, 6) is 0.443. The van der Waals surface area contributed by atoms with Crippen LogP contribution in [-0.2, 0) is 0 Å². The number of nitrogens with zero attached hydrogens (tertiary/aromatic N) is 1. The lowest BCUT2D eigenvalue weighted by atomic mass is 9.90. The molecular weight excluding hydrogens is 231 g/mol. The number of methoxy groups -OCH3 is 1. The number of hydrogen-bond donors (Lipinski definition) is 1. The van der Waals surface area contributed by atoms with Crippen LogP contribution < -0.4 is 15.4 Å². The van der Waals surface area contributed by atoms with E-state index in [-0.39, 0.29) is 17.9 Å². The molecule has 100 valence electrons. The molecule has 1 saturated carbocycles. The van der Waals surface area contributed by atoms with Crippen LogP contribution in [0.2, 0.25) is 0 Å². The molecule has 0 spiro atoms. The molecule has 0 radical (unpaired) electrons. The molecule has 0 bridgehead atoms. The number of halogens is 1. The van der Waals surface area contributed by atoms with E-state index in [0.29, 0.717) is 5.75 Å². The zero-order valence-electron chi connectivity index (χ0n) is 11.0. The van der Waals surface area contributed by atoms with Crippen LogP contribution in [0.15, 0.2) is 18.2 Å². The van der Waals surface area contributed by atoms with Crippen LogP contribution in [0.5, 0.6) is 5.75 Å². The van der Waals surface area contributed by atoms with E-state index < -0.39 is 0 Å². The molecule has 1 aromatic carbocycles. The van der Waals surface area contributed by atoms with Crippen LogP contribution in [0.4, 0.5) is 10.1 Å². The van der Waals surface area contributed by atoms with Crippen LogP contribution in [0.3, 0.4) is 0 Å². The Balaban J connectivity index is 2.26. The first-order chi connectivity index (χ1) is 8.63. The zero-order valence-corrected chi connectivity index (χ0v) is 11.0. The summed E-state index contributed by atoms with van der Waals surface area (Å²) >= 11 is 0. The summed E-state index contributed by atoms with van der Waals surface area (Å²) in [6, 6.07) is 5.00. The van der Waals surface area contributed by atoms with Crippen molar-refractivity contribution in [3.63, 3.8) is 0 Å². The fourth-order valence-electron chi connectivity index (χ4n) is 2.74. The van der Waals surface area contributed by atoms with Gasteiger partial charge in [0, 0.05) is 25.2 Å². The lowest BCUT2D eigenvalue weighted by Crippen LogP contribution is -2.48. The molecule has 0 heterocycles. The van der Waals surface area contributed by atoms with E-state index in [2.05, 4.69) is 4.90 Å². The van der Waals surface area contributed by atoms with Crippen molar-refractivity contribution >= 4 is 5.69 Å². The molecule has 0 saturated heterocycles. The number of likely N-dealkylation sites (N-methyl/N-ethyl adjacent to an activating group) is 1. The largest absolute Gasteiger partial charge is 0.495 e. The van der Waals surface area contributed by atoms with Gasteiger partial charge in [-0.3, -0.25) is 0 Å². The molecule has 2 rings (SSSR count). The van der Waals surface area contributed by atoms with Gasteiger partial charge in [-0.2, -0.15) is 0 Å². The van der Waals surface area contributed by atoms with Gasteiger partial charge in [-0.25, -0.2) is 4.39 Å². The van der Waals surface area contributed by atoms with E-state index in [4.69, 9.17) is 10.5 Å². The molecule has 1 fully saturated rings. The van der Waals surface area contributed by atoms with Gasteiger partial charge in [0.15, 0.2) is 0 Å². The third-order valence-electron chi connectivity index (χ3n) is 3.80. The van der Waals surface area contributed by atoms with Crippen LogP contribution in [-0.4, -0.2) is 26.2 Å². The average Bonchev–Trinajstić information content (AvgIpc) is 2.38. The first-order valence-corrected chi connectivity index (χ1v) is 6.45. The number of benzene rings is 1. The minimum Gasteiger partial charge on any atom is -0.495 e. The predicted octanol–water partition coefficient (Wildman–Crippen LogP) is 2.54. The van der Waals surface area contributed by atoms with E-state index in [1.165, 1.54) is 25.0 Å². The summed E-state index contributed by atoms with van der Waals surface area (Å²) in [4.78, 5) is 2.06. The van der Waals surface area contributed by atoms with Gasteiger partial charge in [-0.1, -0.05) is 12.8 Å². The number of nitrogens with two attached hydrogens (primary N) is 1. The van der Waals surface area contributed by atoms with Gasteiger partial charge in [0.1, 0.15) is 11.6 Å². The summed E-state index contributed by atoms with van der Waals surface area (Å²) < 4.78 is 18.7. The Kier molecular flexibility index (Phi) is 4.07. The summed E-state index contributed by atoms with van der Waals surface area (Å²) in [6.45, 7) is 0. The average molecular weight is 252 g/mol. The van der Waals surface area contributed by atoms with Gasteiger partial charge in [0.25, 0.3) is 0 Å². The summed E-state index contributed by atoms with van der Waals surface area (Å²) in [5, 5.41) is 0. The number of rotatable bonds is 3. The molecule has 0 aliphatic heterocycles. The van der Waals surface area contributed by atoms with Gasteiger partial charge in [-0.15, -0.1) is 0 Å². The SMILES string of the molecule is COc1ccc(F)cc1N(C)C1CCCCC1N. The second kappa shape index (κ2) is 5.57. The summed E-state index contributed by atoms with van der Waals surface area (Å²) in [6.07, 6.45) is 4.45. The van der Waals surface area contributed by atoms with Crippen molar-refractivity contribution < 1.29 is 9.13 Å². The highest BCUT2D eigenvalue weighted by molar-refractivity contribution is 5.59. The molecule has 18 heavy (non-hydrogen) atoms. The number of hydrogen-bond acceptors (Lipinski definition) is 3. The van der Waals surface area contributed by atoms with Crippen molar-refractivity contribution in [2.75, 3.05) is 19.1 Å². The van der Waals surface area contributed by atoms with Gasteiger partial charge < -0.3 is 15.4 Å². The van der Waals surface area contributed by atoms with Crippen molar-refractivity contribution in [2.24, 2.45) is 5.73 Å². The van der Waals surface area contributed by atoms with Crippen molar-refractivity contribution in [2.45, 2.75) is 37.8 Å². The summed E-state index contributed by atoms with van der Waals surface area (Å²) in [7, 11) is 3.57. The van der Waals surface area contributed by atoms with Crippen molar-refractivity contribution in [1.29, 1.82) is 0 Å². The monoisotopic (exact) mass is 252 g/mol. The Morgan fingerprint density at radius 1 is 1.33 bits per heavy atom. The zero-order chi connectivity index (χ0) is 13.1. The third kappa shape index (κ3) is 2.58. The maximum absolute atomic E-state index is 13.4. The molecule has 1 aliphatic rings. The maximum Gasteiger partial charge on any atom is 0.142 e. The molecule has 2 atom stereocenters. The van der Waals surface area contributed by atoms with E-state index in [1.54, 1.807) is 13.2 Å². The van der Waals surface area contributed by atoms with Gasteiger partial charge in [0.05, 0.1) is 12.8 Å². The Labute approximate surface area is 108 Å². The number of anilines is 1. The molecule has 1 aromatic rings. The molecule has 0 aromatic heterocycles. The Bertz CT molecular complexity index is 411. The molecule has 1 aliphatic carbocycles. The summed E-state index contributed by atoms with van der Waals surface area (Å²) in [5.41, 5.74) is 6.95. The highest BCUT2D eigenvalue weighted by atomic mass is 19.1. The van der Waals surface area contributed by atoms with Gasteiger partial charge >= 0.3 is 0 Å². The molecule has 2 N–H and O–H groups in total. The Morgan fingerprint density at radius 3 is 2.72 bits per heavy atom. The minimum atomic E-state index is -0.248. The lowest BCUT2D eigenvalue weighted by Gasteiger charge is -2.37. The maximum atomic E-state index is 13.4. The van der Waals surface area contributed by atoms with E-state index in [9.17, 15) is 4.39 Å². The molecule has 2 unspecified atom stereocenters. The molecule has 0 amide bonds. The number of ether oxygens (including phenoxy) is 1. The Hall–Kier alpha value is -1.29. The standard InChI is InChI=1S/C14H21FN2O/c1-17(12-6-4-3-5-11(12)16)13-9-10(15)7-8-14(13)18-2/h7-9,11-12H,3-6,16H2,1-2H3. The normalized spacial score (nSPS) is 23.8. The van der Waals surface area contributed by atoms with Crippen LogP contribution >= 0.6 is 0 Å². The second-order valence-corrected chi connectivity index (χ2v) is 4.94. The minimum absolute atomic E-state index is 0.150. The highest BCUT2D eigenvalue weighted by Crippen LogP contribution is 2.32.